The maximum Gasteiger partial charge on any atom is 0.322 e. The number of Topliss-reactive ketones (excluding diaryl/α,β-unsaturated/α-hetero) is 1. The van der Waals surface area contributed by atoms with Crippen LogP contribution in [0.2, 0.25) is 0 Å². The number of carbonyl (C=O) groups excluding carboxylic acids is 2. The van der Waals surface area contributed by atoms with Gasteiger partial charge in [0.05, 0.1) is 6.54 Å². The number of urea groups is 1. The number of nitrogens with zero attached hydrogens (tertiary/aromatic N) is 1. The molecule has 4 heteroatoms. The summed E-state index contributed by atoms with van der Waals surface area (Å²) in [6.45, 7) is 0.892. The van der Waals surface area contributed by atoms with Crippen LogP contribution in [0.15, 0.2) is 30.3 Å². The summed E-state index contributed by atoms with van der Waals surface area (Å²) >= 11 is 0. The van der Waals surface area contributed by atoms with Gasteiger partial charge in [0.15, 0.2) is 5.78 Å². The molecule has 1 aromatic carbocycles. The van der Waals surface area contributed by atoms with Crippen LogP contribution >= 0.6 is 0 Å². The summed E-state index contributed by atoms with van der Waals surface area (Å²) in [7, 11) is 0. The first-order valence-corrected chi connectivity index (χ1v) is 5.38. The van der Waals surface area contributed by atoms with E-state index in [-0.39, 0.29) is 18.4 Å². The van der Waals surface area contributed by atoms with Crippen molar-refractivity contribution in [2.24, 2.45) is 0 Å². The SMILES string of the molecule is O=C1CCCN(C(=O)Nc2ccccc2)C1. The Morgan fingerprint density at radius 3 is 2.69 bits per heavy atom. The van der Waals surface area contributed by atoms with Crippen molar-refractivity contribution in [3.63, 3.8) is 0 Å². The number of carbonyl (C=O) groups is 2. The third-order valence-electron chi connectivity index (χ3n) is 2.56. The molecule has 2 rings (SSSR count). The number of nitrogens with one attached hydrogen (secondary N) is 1. The topological polar surface area (TPSA) is 49.4 Å². The van der Waals surface area contributed by atoms with Crippen LogP contribution in [0.25, 0.3) is 0 Å². The lowest BCUT2D eigenvalue weighted by atomic mass is 10.1. The van der Waals surface area contributed by atoms with Crippen LogP contribution in [0.5, 0.6) is 0 Å². The van der Waals surface area contributed by atoms with Gasteiger partial charge in [-0.25, -0.2) is 4.79 Å². The summed E-state index contributed by atoms with van der Waals surface area (Å²) in [5.41, 5.74) is 0.755. The van der Waals surface area contributed by atoms with Crippen LogP contribution in [-0.4, -0.2) is 29.8 Å². The van der Waals surface area contributed by atoms with Gasteiger partial charge in [0.25, 0.3) is 0 Å². The highest BCUT2D eigenvalue weighted by Crippen LogP contribution is 2.10. The van der Waals surface area contributed by atoms with E-state index in [1.165, 1.54) is 0 Å². The molecule has 1 aliphatic heterocycles. The van der Waals surface area contributed by atoms with Crippen molar-refractivity contribution < 1.29 is 9.59 Å². The van der Waals surface area contributed by atoms with Gasteiger partial charge < -0.3 is 10.2 Å². The van der Waals surface area contributed by atoms with Crippen molar-refractivity contribution in [1.82, 2.24) is 4.90 Å². The van der Waals surface area contributed by atoms with Crippen LogP contribution in [-0.2, 0) is 4.79 Å². The zero-order chi connectivity index (χ0) is 11.4. The largest absolute Gasteiger partial charge is 0.322 e. The highest BCUT2D eigenvalue weighted by atomic mass is 16.2. The number of para-hydroxylation sites is 1. The molecule has 1 saturated heterocycles. The van der Waals surface area contributed by atoms with Crippen LogP contribution in [0.3, 0.4) is 0 Å². The average Bonchev–Trinajstić information content (AvgIpc) is 2.30. The Labute approximate surface area is 94.2 Å². The molecule has 16 heavy (non-hydrogen) atoms. The monoisotopic (exact) mass is 218 g/mol. The molecule has 1 fully saturated rings. The molecule has 84 valence electrons. The summed E-state index contributed by atoms with van der Waals surface area (Å²) < 4.78 is 0. The van der Waals surface area contributed by atoms with E-state index in [4.69, 9.17) is 0 Å². The number of ketones is 1. The molecule has 1 N–H and O–H groups in total. The van der Waals surface area contributed by atoms with Crippen LogP contribution in [0.1, 0.15) is 12.8 Å². The summed E-state index contributed by atoms with van der Waals surface area (Å²) in [6, 6.07) is 9.06. The second kappa shape index (κ2) is 4.79. The quantitative estimate of drug-likeness (QED) is 0.782. The molecule has 1 heterocycles. The van der Waals surface area contributed by atoms with E-state index in [1.807, 2.05) is 30.3 Å². The summed E-state index contributed by atoms with van der Waals surface area (Å²) in [4.78, 5) is 24.5. The van der Waals surface area contributed by atoms with Gasteiger partial charge in [0.2, 0.25) is 0 Å². The second-order valence-electron chi connectivity index (χ2n) is 3.86. The van der Waals surface area contributed by atoms with Crippen molar-refractivity contribution in [3.8, 4) is 0 Å². The molecule has 1 aliphatic rings. The van der Waals surface area contributed by atoms with Crippen LogP contribution in [0, 0.1) is 0 Å². The molecule has 0 saturated carbocycles. The fraction of sp³-hybridized carbons (Fsp3) is 0.333. The van der Waals surface area contributed by atoms with Crippen LogP contribution < -0.4 is 5.32 Å². The Bertz CT molecular complexity index is 389. The predicted octanol–water partition coefficient (Wildman–Crippen LogP) is 1.88. The smallest absolute Gasteiger partial charge is 0.317 e. The van der Waals surface area contributed by atoms with Gasteiger partial charge in [-0.05, 0) is 18.6 Å². The number of amides is 2. The maximum absolute atomic E-state index is 11.8. The van der Waals surface area contributed by atoms with E-state index >= 15 is 0 Å². The molecule has 4 nitrogen and oxygen atoms in total. The van der Waals surface area contributed by atoms with Crippen molar-refractivity contribution in [1.29, 1.82) is 0 Å². The third kappa shape index (κ3) is 2.59. The van der Waals surface area contributed by atoms with Gasteiger partial charge >= 0.3 is 6.03 Å². The highest BCUT2D eigenvalue weighted by Gasteiger charge is 2.21. The molecule has 0 unspecified atom stereocenters. The summed E-state index contributed by atoms with van der Waals surface area (Å²) in [5, 5.41) is 2.77. The van der Waals surface area contributed by atoms with E-state index < -0.39 is 0 Å². The minimum absolute atomic E-state index is 0.134. The zero-order valence-electron chi connectivity index (χ0n) is 8.98. The molecule has 0 aromatic heterocycles. The van der Waals surface area contributed by atoms with Gasteiger partial charge in [-0.2, -0.15) is 0 Å². The molecule has 2 amide bonds. The Morgan fingerprint density at radius 1 is 1.25 bits per heavy atom. The van der Waals surface area contributed by atoms with E-state index in [2.05, 4.69) is 5.32 Å². The van der Waals surface area contributed by atoms with Gasteiger partial charge in [-0.1, -0.05) is 18.2 Å². The Morgan fingerprint density at radius 2 is 2.00 bits per heavy atom. The maximum atomic E-state index is 11.8. The number of anilines is 1. The fourth-order valence-electron chi connectivity index (χ4n) is 1.74. The van der Waals surface area contributed by atoms with Crippen molar-refractivity contribution >= 4 is 17.5 Å². The minimum Gasteiger partial charge on any atom is -0.317 e. The number of likely N-dealkylation sites (tertiary alicyclic amines) is 1. The van der Waals surface area contributed by atoms with Gasteiger partial charge in [-0.3, -0.25) is 4.79 Å². The van der Waals surface area contributed by atoms with Gasteiger partial charge in [0, 0.05) is 18.7 Å². The van der Waals surface area contributed by atoms with E-state index in [0.29, 0.717) is 13.0 Å². The number of rotatable bonds is 1. The average molecular weight is 218 g/mol. The first kappa shape index (κ1) is 10.7. The molecule has 0 spiro atoms. The minimum atomic E-state index is -0.195. The molecule has 0 atom stereocenters. The normalized spacial score (nSPS) is 16.0. The van der Waals surface area contributed by atoms with E-state index in [1.54, 1.807) is 4.90 Å². The molecular weight excluding hydrogens is 204 g/mol. The van der Waals surface area contributed by atoms with Crippen molar-refractivity contribution in [3.05, 3.63) is 30.3 Å². The lowest BCUT2D eigenvalue weighted by Crippen LogP contribution is -2.42. The Kier molecular flexibility index (Phi) is 3.19. The molecule has 1 aromatic rings. The van der Waals surface area contributed by atoms with E-state index in [9.17, 15) is 9.59 Å². The first-order valence-electron chi connectivity index (χ1n) is 5.38. The summed E-state index contributed by atoms with van der Waals surface area (Å²) in [6.07, 6.45) is 1.36. The van der Waals surface area contributed by atoms with Crippen molar-refractivity contribution in [2.75, 3.05) is 18.4 Å². The Balaban J connectivity index is 1.95. The number of hydrogen-bond acceptors (Lipinski definition) is 2. The predicted molar refractivity (Wildman–Crippen MR) is 61.3 cm³/mol. The number of benzene rings is 1. The molecule has 0 radical (unpaired) electrons. The third-order valence-corrected chi connectivity index (χ3v) is 2.56. The standard InChI is InChI=1S/C12H14N2O2/c15-11-7-4-8-14(9-11)12(16)13-10-5-2-1-3-6-10/h1-3,5-6H,4,7-9H2,(H,13,16). The summed E-state index contributed by atoms with van der Waals surface area (Å²) in [5.74, 6) is 0.134. The zero-order valence-corrected chi connectivity index (χ0v) is 8.98. The molecular formula is C12H14N2O2. The van der Waals surface area contributed by atoms with Gasteiger partial charge in [0.1, 0.15) is 0 Å². The van der Waals surface area contributed by atoms with E-state index in [0.717, 1.165) is 12.1 Å². The lowest BCUT2D eigenvalue weighted by Gasteiger charge is -2.25. The number of hydrogen-bond donors (Lipinski definition) is 1. The van der Waals surface area contributed by atoms with Crippen molar-refractivity contribution in [2.45, 2.75) is 12.8 Å². The highest BCUT2D eigenvalue weighted by molar-refractivity contribution is 5.93. The molecule has 0 bridgehead atoms. The number of piperidine rings is 1. The fourth-order valence-corrected chi connectivity index (χ4v) is 1.74. The molecule has 0 aliphatic carbocycles. The van der Waals surface area contributed by atoms with Crippen LogP contribution in [0.4, 0.5) is 10.5 Å². The second-order valence-corrected chi connectivity index (χ2v) is 3.86. The lowest BCUT2D eigenvalue weighted by molar-refractivity contribution is -0.121. The Hall–Kier alpha value is -1.84. The van der Waals surface area contributed by atoms with Gasteiger partial charge in [-0.15, -0.1) is 0 Å². The first-order chi connectivity index (χ1) is 7.75.